The molecule has 0 saturated carbocycles. The molecule has 0 fully saturated rings. The van der Waals surface area contributed by atoms with Gasteiger partial charge < -0.3 is 10.4 Å². The standard InChI is InChI=1S/C13H15Br2NO3/c1-3-13(4-2,12(18)19)16-11(17)9-6-5-8(14)7-10(9)15/h5-7H,3-4H2,1-2H3,(H,16,17)(H,18,19). The van der Waals surface area contributed by atoms with Crippen LogP contribution in [0.5, 0.6) is 0 Å². The smallest absolute Gasteiger partial charge is 0.329 e. The van der Waals surface area contributed by atoms with Crippen LogP contribution < -0.4 is 5.32 Å². The van der Waals surface area contributed by atoms with E-state index in [0.29, 0.717) is 22.9 Å². The first-order valence-electron chi connectivity index (χ1n) is 5.87. The lowest BCUT2D eigenvalue weighted by Crippen LogP contribution is -2.53. The van der Waals surface area contributed by atoms with Gasteiger partial charge in [0.15, 0.2) is 0 Å². The molecule has 0 aliphatic carbocycles. The van der Waals surface area contributed by atoms with Crippen LogP contribution in [0.1, 0.15) is 37.0 Å². The Morgan fingerprint density at radius 3 is 2.26 bits per heavy atom. The van der Waals surface area contributed by atoms with Crippen molar-refractivity contribution in [1.29, 1.82) is 0 Å². The number of carbonyl (C=O) groups excluding carboxylic acids is 1. The van der Waals surface area contributed by atoms with Gasteiger partial charge in [0.2, 0.25) is 0 Å². The number of carboxylic acids is 1. The van der Waals surface area contributed by atoms with E-state index in [9.17, 15) is 14.7 Å². The molecule has 1 aromatic rings. The molecule has 0 unspecified atom stereocenters. The maximum atomic E-state index is 12.2. The quantitative estimate of drug-likeness (QED) is 0.804. The van der Waals surface area contributed by atoms with E-state index >= 15 is 0 Å². The zero-order valence-electron chi connectivity index (χ0n) is 10.7. The summed E-state index contributed by atoms with van der Waals surface area (Å²) in [5.74, 6) is -1.41. The topological polar surface area (TPSA) is 66.4 Å². The predicted molar refractivity (Wildman–Crippen MR) is 80.3 cm³/mol. The van der Waals surface area contributed by atoms with Gasteiger partial charge in [0.05, 0.1) is 5.56 Å². The predicted octanol–water partition coefficient (Wildman–Crippen LogP) is 3.58. The molecular weight excluding hydrogens is 378 g/mol. The Hall–Kier alpha value is -0.880. The molecule has 2 N–H and O–H groups in total. The second-order valence-electron chi connectivity index (χ2n) is 4.17. The lowest BCUT2D eigenvalue weighted by molar-refractivity contribution is -0.144. The van der Waals surface area contributed by atoms with E-state index in [1.165, 1.54) is 0 Å². The average Bonchev–Trinajstić information content (AvgIpc) is 2.35. The van der Waals surface area contributed by atoms with E-state index in [0.717, 1.165) is 4.47 Å². The van der Waals surface area contributed by atoms with Crippen LogP contribution in [0.4, 0.5) is 0 Å². The van der Waals surface area contributed by atoms with Gasteiger partial charge in [0, 0.05) is 8.95 Å². The van der Waals surface area contributed by atoms with E-state index < -0.39 is 17.4 Å². The molecule has 0 aromatic heterocycles. The summed E-state index contributed by atoms with van der Waals surface area (Å²) in [4.78, 5) is 23.6. The first kappa shape index (κ1) is 16.2. The van der Waals surface area contributed by atoms with E-state index in [1.54, 1.807) is 32.0 Å². The number of aliphatic carboxylic acids is 1. The Kier molecular flexibility index (Phi) is 5.55. The summed E-state index contributed by atoms with van der Waals surface area (Å²) in [6, 6.07) is 5.12. The fourth-order valence-corrected chi connectivity index (χ4v) is 2.97. The summed E-state index contributed by atoms with van der Waals surface area (Å²) in [5.41, 5.74) is -0.806. The molecule has 0 atom stereocenters. The monoisotopic (exact) mass is 391 g/mol. The molecule has 0 aliphatic heterocycles. The molecule has 4 nitrogen and oxygen atoms in total. The van der Waals surface area contributed by atoms with Gasteiger partial charge in [-0.05, 0) is 47.0 Å². The Bertz CT molecular complexity index is 499. The SMILES string of the molecule is CCC(CC)(NC(=O)c1ccc(Br)cc1Br)C(=O)O. The molecule has 0 bridgehead atoms. The largest absolute Gasteiger partial charge is 0.480 e. The summed E-state index contributed by atoms with van der Waals surface area (Å²) >= 11 is 6.60. The van der Waals surface area contributed by atoms with Crippen LogP contribution in [-0.2, 0) is 4.79 Å². The van der Waals surface area contributed by atoms with Crippen molar-refractivity contribution in [2.45, 2.75) is 32.2 Å². The van der Waals surface area contributed by atoms with Gasteiger partial charge in [-0.1, -0.05) is 29.8 Å². The van der Waals surface area contributed by atoms with Crippen LogP contribution in [0.3, 0.4) is 0 Å². The van der Waals surface area contributed by atoms with Gasteiger partial charge in [-0.15, -0.1) is 0 Å². The number of benzene rings is 1. The van der Waals surface area contributed by atoms with E-state index in [2.05, 4.69) is 37.2 Å². The third kappa shape index (κ3) is 3.57. The van der Waals surface area contributed by atoms with Gasteiger partial charge in [-0.3, -0.25) is 4.79 Å². The Morgan fingerprint density at radius 2 is 1.84 bits per heavy atom. The summed E-state index contributed by atoms with van der Waals surface area (Å²) in [7, 11) is 0. The van der Waals surface area contributed by atoms with Gasteiger partial charge >= 0.3 is 5.97 Å². The van der Waals surface area contributed by atoms with Crippen LogP contribution in [-0.4, -0.2) is 22.5 Å². The van der Waals surface area contributed by atoms with Gasteiger partial charge in [0.25, 0.3) is 5.91 Å². The fourth-order valence-electron chi connectivity index (χ4n) is 1.74. The zero-order valence-corrected chi connectivity index (χ0v) is 13.8. The maximum Gasteiger partial charge on any atom is 0.329 e. The number of carbonyl (C=O) groups is 2. The zero-order chi connectivity index (χ0) is 14.6. The number of carboxylic acid groups (broad SMARTS) is 1. The van der Waals surface area contributed by atoms with Gasteiger partial charge in [-0.2, -0.15) is 0 Å². The number of hydrogen-bond acceptors (Lipinski definition) is 2. The highest BCUT2D eigenvalue weighted by atomic mass is 79.9. The third-order valence-electron chi connectivity index (χ3n) is 3.15. The molecule has 1 amide bonds. The van der Waals surface area contributed by atoms with Crippen molar-refractivity contribution in [1.82, 2.24) is 5.32 Å². The van der Waals surface area contributed by atoms with Crippen molar-refractivity contribution in [2.75, 3.05) is 0 Å². The third-order valence-corrected chi connectivity index (χ3v) is 4.29. The Morgan fingerprint density at radius 1 is 1.26 bits per heavy atom. The van der Waals surface area contributed by atoms with Crippen LogP contribution in [0.15, 0.2) is 27.1 Å². The lowest BCUT2D eigenvalue weighted by atomic mass is 9.92. The molecule has 1 rings (SSSR count). The molecule has 1 aromatic carbocycles. The molecule has 6 heteroatoms. The summed E-state index contributed by atoms with van der Waals surface area (Å²) < 4.78 is 1.46. The number of nitrogens with one attached hydrogen (secondary N) is 1. The van der Waals surface area contributed by atoms with Crippen molar-refractivity contribution in [3.8, 4) is 0 Å². The van der Waals surface area contributed by atoms with Crippen LogP contribution in [0.25, 0.3) is 0 Å². The van der Waals surface area contributed by atoms with Crippen molar-refractivity contribution >= 4 is 43.7 Å². The van der Waals surface area contributed by atoms with Crippen molar-refractivity contribution in [3.63, 3.8) is 0 Å². The minimum absolute atomic E-state index is 0.332. The van der Waals surface area contributed by atoms with Gasteiger partial charge in [-0.25, -0.2) is 4.79 Å². The summed E-state index contributed by atoms with van der Waals surface area (Å²) in [6.07, 6.45) is 0.664. The Balaban J connectivity index is 3.04. The first-order valence-corrected chi connectivity index (χ1v) is 7.46. The van der Waals surface area contributed by atoms with Gasteiger partial charge in [0.1, 0.15) is 5.54 Å². The van der Waals surface area contributed by atoms with Crippen molar-refractivity contribution in [2.24, 2.45) is 0 Å². The highest BCUT2D eigenvalue weighted by molar-refractivity contribution is 9.11. The highest BCUT2D eigenvalue weighted by Crippen LogP contribution is 2.23. The highest BCUT2D eigenvalue weighted by Gasteiger charge is 2.36. The van der Waals surface area contributed by atoms with Crippen LogP contribution in [0, 0.1) is 0 Å². The molecule has 0 saturated heterocycles. The van der Waals surface area contributed by atoms with Crippen molar-refractivity contribution < 1.29 is 14.7 Å². The molecular formula is C13H15Br2NO3. The summed E-state index contributed by atoms with van der Waals surface area (Å²) in [5, 5.41) is 11.9. The normalized spacial score (nSPS) is 11.2. The minimum atomic E-state index is -1.22. The molecule has 0 spiro atoms. The molecule has 0 radical (unpaired) electrons. The minimum Gasteiger partial charge on any atom is -0.480 e. The second kappa shape index (κ2) is 6.52. The number of rotatable bonds is 5. The molecule has 104 valence electrons. The number of halogens is 2. The van der Waals surface area contributed by atoms with E-state index in [4.69, 9.17) is 0 Å². The van der Waals surface area contributed by atoms with E-state index in [1.807, 2.05) is 0 Å². The number of hydrogen-bond donors (Lipinski definition) is 2. The van der Waals surface area contributed by atoms with E-state index in [-0.39, 0.29) is 0 Å². The molecule has 19 heavy (non-hydrogen) atoms. The Labute approximate surface area is 128 Å². The fraction of sp³-hybridized carbons (Fsp3) is 0.385. The average molecular weight is 393 g/mol. The lowest BCUT2D eigenvalue weighted by Gasteiger charge is -2.28. The second-order valence-corrected chi connectivity index (χ2v) is 5.94. The number of amides is 1. The summed E-state index contributed by atoms with van der Waals surface area (Å²) in [6.45, 7) is 3.49. The molecule has 0 heterocycles. The molecule has 0 aliphatic rings. The van der Waals surface area contributed by atoms with Crippen molar-refractivity contribution in [3.05, 3.63) is 32.7 Å². The van der Waals surface area contributed by atoms with Crippen LogP contribution >= 0.6 is 31.9 Å². The maximum absolute atomic E-state index is 12.2. The first-order chi connectivity index (χ1) is 8.86. The van der Waals surface area contributed by atoms with Crippen LogP contribution in [0.2, 0.25) is 0 Å².